The largest absolute Gasteiger partial charge is 0.482 e. The summed E-state index contributed by atoms with van der Waals surface area (Å²) in [6.07, 6.45) is -3.03. The molecule has 27 heavy (non-hydrogen) atoms. The van der Waals surface area contributed by atoms with Crippen LogP contribution in [-0.4, -0.2) is 50.0 Å². The Hall–Kier alpha value is -2.81. The Bertz CT molecular complexity index is 775. The number of alkyl halides is 3. The molecular formula is C18H18F3N3O3. The maximum atomic E-state index is 12.4. The molecule has 0 saturated carbocycles. The minimum atomic E-state index is -4.46. The Morgan fingerprint density at radius 1 is 1.19 bits per heavy atom. The topological polar surface area (TPSA) is 63.7 Å². The minimum absolute atomic E-state index is 0.0546. The van der Waals surface area contributed by atoms with Crippen LogP contribution in [-0.2, 0) is 4.74 Å². The van der Waals surface area contributed by atoms with Crippen LogP contribution >= 0.6 is 0 Å². The number of nitrogens with one attached hydrogen (secondary N) is 1. The van der Waals surface area contributed by atoms with E-state index < -0.39 is 18.7 Å². The molecule has 1 fully saturated rings. The molecule has 2 heterocycles. The number of carbonyl (C=O) groups is 1. The van der Waals surface area contributed by atoms with Gasteiger partial charge in [-0.25, -0.2) is 4.98 Å². The van der Waals surface area contributed by atoms with E-state index in [0.29, 0.717) is 13.2 Å². The fourth-order valence-electron chi connectivity index (χ4n) is 2.55. The Morgan fingerprint density at radius 3 is 2.59 bits per heavy atom. The molecule has 1 saturated heterocycles. The molecule has 2 aromatic rings. The number of morpholine rings is 1. The van der Waals surface area contributed by atoms with Crippen molar-refractivity contribution >= 4 is 17.4 Å². The lowest BCUT2D eigenvalue weighted by atomic mass is 10.2. The highest BCUT2D eigenvalue weighted by Gasteiger charge is 2.29. The smallest absolute Gasteiger partial charge is 0.422 e. The molecule has 0 radical (unpaired) electrons. The first kappa shape index (κ1) is 19.0. The molecular weight excluding hydrogens is 363 g/mol. The zero-order valence-electron chi connectivity index (χ0n) is 14.3. The van der Waals surface area contributed by atoms with Gasteiger partial charge in [-0.15, -0.1) is 0 Å². The number of para-hydroxylation sites is 2. The highest BCUT2D eigenvalue weighted by atomic mass is 19.4. The van der Waals surface area contributed by atoms with Crippen LogP contribution in [0.3, 0.4) is 0 Å². The van der Waals surface area contributed by atoms with Gasteiger partial charge in [0.15, 0.2) is 6.61 Å². The van der Waals surface area contributed by atoms with E-state index in [2.05, 4.69) is 10.3 Å². The fourth-order valence-corrected chi connectivity index (χ4v) is 2.55. The van der Waals surface area contributed by atoms with E-state index in [1.54, 1.807) is 18.2 Å². The molecule has 9 heteroatoms. The molecule has 0 aliphatic carbocycles. The van der Waals surface area contributed by atoms with Gasteiger partial charge in [-0.3, -0.25) is 4.79 Å². The highest BCUT2D eigenvalue weighted by Crippen LogP contribution is 2.27. The number of carbonyl (C=O) groups excluding carboxylic acids is 1. The number of hydrogen-bond acceptors (Lipinski definition) is 5. The van der Waals surface area contributed by atoms with E-state index in [1.165, 1.54) is 24.4 Å². The number of pyridine rings is 1. The summed E-state index contributed by atoms with van der Waals surface area (Å²) in [4.78, 5) is 18.7. The first-order chi connectivity index (χ1) is 12.9. The summed E-state index contributed by atoms with van der Waals surface area (Å²) in [5, 5.41) is 2.56. The molecule has 144 valence electrons. The summed E-state index contributed by atoms with van der Waals surface area (Å²) in [5.41, 5.74) is 0.446. The second-order valence-corrected chi connectivity index (χ2v) is 5.86. The molecule has 1 aliphatic heterocycles. The second kappa shape index (κ2) is 8.26. The number of nitrogens with zero attached hydrogens (tertiary/aromatic N) is 2. The first-order valence-electron chi connectivity index (χ1n) is 8.31. The van der Waals surface area contributed by atoms with Crippen LogP contribution < -0.4 is 15.0 Å². The SMILES string of the molecule is O=C(Nc1ccccc1OCC(F)(F)F)c1ccc(N2CCOCC2)nc1. The molecule has 3 rings (SSSR count). The zero-order chi connectivity index (χ0) is 19.3. The van der Waals surface area contributed by atoms with Crippen LogP contribution in [0.2, 0.25) is 0 Å². The fraction of sp³-hybridized carbons (Fsp3) is 0.333. The molecule has 0 unspecified atom stereocenters. The van der Waals surface area contributed by atoms with Crippen LogP contribution in [0.25, 0.3) is 0 Å². The van der Waals surface area contributed by atoms with E-state index >= 15 is 0 Å². The lowest BCUT2D eigenvalue weighted by Crippen LogP contribution is -2.36. The number of halogens is 3. The molecule has 1 aliphatic rings. The lowest BCUT2D eigenvalue weighted by Gasteiger charge is -2.27. The van der Waals surface area contributed by atoms with Crippen molar-refractivity contribution in [2.75, 3.05) is 43.1 Å². The van der Waals surface area contributed by atoms with Crippen molar-refractivity contribution in [3.05, 3.63) is 48.2 Å². The summed E-state index contributed by atoms with van der Waals surface area (Å²) in [5.74, 6) is 0.198. The molecule has 1 amide bonds. The summed E-state index contributed by atoms with van der Waals surface area (Å²) in [6.45, 7) is 1.26. The molecule has 1 aromatic heterocycles. The Morgan fingerprint density at radius 2 is 1.93 bits per heavy atom. The van der Waals surface area contributed by atoms with Gasteiger partial charge in [-0.2, -0.15) is 13.2 Å². The van der Waals surface area contributed by atoms with Gasteiger partial charge in [-0.1, -0.05) is 12.1 Å². The van der Waals surface area contributed by atoms with Gasteiger partial charge in [0.05, 0.1) is 24.5 Å². The van der Waals surface area contributed by atoms with Gasteiger partial charge in [0.25, 0.3) is 5.91 Å². The van der Waals surface area contributed by atoms with Crippen molar-refractivity contribution in [1.29, 1.82) is 0 Å². The molecule has 0 bridgehead atoms. The van der Waals surface area contributed by atoms with Gasteiger partial charge in [0, 0.05) is 19.3 Å². The zero-order valence-corrected chi connectivity index (χ0v) is 14.3. The average Bonchev–Trinajstić information content (AvgIpc) is 2.67. The third kappa shape index (κ3) is 5.33. The quantitative estimate of drug-likeness (QED) is 0.862. The molecule has 0 spiro atoms. The third-order valence-electron chi connectivity index (χ3n) is 3.87. The number of amides is 1. The number of benzene rings is 1. The molecule has 1 N–H and O–H groups in total. The van der Waals surface area contributed by atoms with E-state index in [0.717, 1.165) is 18.9 Å². The van der Waals surface area contributed by atoms with Crippen molar-refractivity contribution in [3.63, 3.8) is 0 Å². The highest BCUT2D eigenvalue weighted by molar-refractivity contribution is 6.04. The molecule has 1 aromatic carbocycles. The van der Waals surface area contributed by atoms with E-state index in [-0.39, 0.29) is 17.0 Å². The number of hydrogen-bond donors (Lipinski definition) is 1. The second-order valence-electron chi connectivity index (χ2n) is 5.86. The van der Waals surface area contributed by atoms with Crippen LogP contribution in [0.4, 0.5) is 24.7 Å². The molecule has 6 nitrogen and oxygen atoms in total. The summed E-state index contributed by atoms with van der Waals surface area (Å²) >= 11 is 0. The van der Waals surface area contributed by atoms with Gasteiger partial charge in [0.2, 0.25) is 0 Å². The minimum Gasteiger partial charge on any atom is -0.482 e. The van der Waals surface area contributed by atoms with E-state index in [9.17, 15) is 18.0 Å². The van der Waals surface area contributed by atoms with Crippen molar-refractivity contribution in [1.82, 2.24) is 4.98 Å². The summed E-state index contributed by atoms with van der Waals surface area (Å²) in [6, 6.07) is 9.30. The van der Waals surface area contributed by atoms with Crippen molar-refractivity contribution in [3.8, 4) is 5.75 Å². The average molecular weight is 381 g/mol. The number of aromatic nitrogens is 1. The van der Waals surface area contributed by atoms with Gasteiger partial charge in [0.1, 0.15) is 11.6 Å². The van der Waals surface area contributed by atoms with E-state index in [1.807, 2.05) is 4.90 Å². The maximum absolute atomic E-state index is 12.4. The van der Waals surface area contributed by atoms with Crippen molar-refractivity contribution in [2.45, 2.75) is 6.18 Å². The van der Waals surface area contributed by atoms with Crippen LogP contribution in [0.5, 0.6) is 5.75 Å². The predicted octanol–water partition coefficient (Wildman–Crippen LogP) is 3.11. The Balaban J connectivity index is 1.66. The van der Waals surface area contributed by atoms with Gasteiger partial charge in [-0.05, 0) is 24.3 Å². The number of rotatable bonds is 5. The number of ether oxygens (including phenoxy) is 2. The maximum Gasteiger partial charge on any atom is 0.422 e. The number of anilines is 2. The normalized spacial score (nSPS) is 14.7. The molecule has 0 atom stereocenters. The van der Waals surface area contributed by atoms with Crippen molar-refractivity contribution in [2.24, 2.45) is 0 Å². The summed E-state index contributed by atoms with van der Waals surface area (Å²) in [7, 11) is 0. The third-order valence-corrected chi connectivity index (χ3v) is 3.87. The Kier molecular flexibility index (Phi) is 5.80. The van der Waals surface area contributed by atoms with Crippen LogP contribution in [0.1, 0.15) is 10.4 Å². The lowest BCUT2D eigenvalue weighted by molar-refractivity contribution is -0.153. The predicted molar refractivity (Wildman–Crippen MR) is 93.2 cm³/mol. The van der Waals surface area contributed by atoms with E-state index in [4.69, 9.17) is 9.47 Å². The van der Waals surface area contributed by atoms with Gasteiger partial charge >= 0.3 is 6.18 Å². The van der Waals surface area contributed by atoms with Crippen LogP contribution in [0.15, 0.2) is 42.6 Å². The Labute approximate surface area is 153 Å². The standard InChI is InChI=1S/C18H18F3N3O3/c19-18(20,21)12-27-15-4-2-1-3-14(15)23-17(25)13-5-6-16(22-11-13)24-7-9-26-10-8-24/h1-6,11H,7-10,12H2,(H,23,25). The monoisotopic (exact) mass is 381 g/mol. The van der Waals surface area contributed by atoms with Crippen molar-refractivity contribution < 1.29 is 27.4 Å². The first-order valence-corrected chi connectivity index (χ1v) is 8.31. The summed E-state index contributed by atoms with van der Waals surface area (Å²) < 4.78 is 47.1. The van der Waals surface area contributed by atoms with Crippen LogP contribution in [0, 0.1) is 0 Å². The van der Waals surface area contributed by atoms with Gasteiger partial charge < -0.3 is 19.7 Å².